The Bertz CT molecular complexity index is 633. The molecule has 1 amide bonds. The van der Waals surface area contributed by atoms with Crippen molar-refractivity contribution in [1.29, 1.82) is 0 Å². The molecule has 0 saturated heterocycles. The van der Waals surface area contributed by atoms with Gasteiger partial charge in [-0.3, -0.25) is 4.79 Å². The largest absolute Gasteiger partial charge is 0.507 e. The fourth-order valence-corrected chi connectivity index (χ4v) is 1.89. The van der Waals surface area contributed by atoms with E-state index in [-0.39, 0.29) is 17.2 Å². The maximum atomic E-state index is 12.1. The first-order valence-corrected chi connectivity index (χ1v) is 6.15. The highest BCUT2D eigenvalue weighted by Crippen LogP contribution is 2.22. The Kier molecular flexibility index (Phi) is 3.56. The lowest BCUT2D eigenvalue weighted by Crippen LogP contribution is -2.13. The van der Waals surface area contributed by atoms with Crippen LogP contribution in [0.25, 0.3) is 0 Å². The molecule has 0 aliphatic heterocycles. The molecule has 0 unspecified atom stereocenters. The van der Waals surface area contributed by atoms with Crippen LogP contribution in [0.15, 0.2) is 36.4 Å². The predicted octanol–water partition coefficient (Wildman–Crippen LogP) is 3.57. The zero-order valence-corrected chi connectivity index (χ0v) is 11.3. The molecule has 2 N–H and O–H groups in total. The van der Waals surface area contributed by atoms with Crippen molar-refractivity contribution in [2.24, 2.45) is 0 Å². The second-order valence-corrected chi connectivity index (χ2v) is 4.79. The minimum Gasteiger partial charge on any atom is -0.507 e. The van der Waals surface area contributed by atoms with Crippen LogP contribution in [0.3, 0.4) is 0 Å². The van der Waals surface area contributed by atoms with Crippen molar-refractivity contribution >= 4 is 11.6 Å². The van der Waals surface area contributed by atoms with Crippen LogP contribution in [0, 0.1) is 20.8 Å². The number of benzene rings is 2. The van der Waals surface area contributed by atoms with Gasteiger partial charge in [-0.1, -0.05) is 18.2 Å². The van der Waals surface area contributed by atoms with Gasteiger partial charge in [-0.15, -0.1) is 0 Å². The molecule has 3 heteroatoms. The molecule has 2 rings (SSSR count). The summed E-state index contributed by atoms with van der Waals surface area (Å²) in [6.07, 6.45) is 0. The maximum Gasteiger partial charge on any atom is 0.259 e. The molecule has 0 spiro atoms. The third kappa shape index (κ3) is 2.94. The Balaban J connectivity index is 2.28. The number of phenolic OH excluding ortho intramolecular Hbond substituents is 1. The van der Waals surface area contributed by atoms with E-state index >= 15 is 0 Å². The van der Waals surface area contributed by atoms with Crippen molar-refractivity contribution in [3.8, 4) is 5.75 Å². The normalized spacial score (nSPS) is 10.3. The first-order chi connectivity index (χ1) is 8.97. The maximum absolute atomic E-state index is 12.1. The van der Waals surface area contributed by atoms with Crippen molar-refractivity contribution in [1.82, 2.24) is 0 Å². The highest BCUT2D eigenvalue weighted by molar-refractivity contribution is 6.06. The van der Waals surface area contributed by atoms with Crippen molar-refractivity contribution in [3.63, 3.8) is 0 Å². The second kappa shape index (κ2) is 5.14. The topological polar surface area (TPSA) is 49.3 Å². The third-order valence-electron chi connectivity index (χ3n) is 3.04. The Morgan fingerprint density at radius 2 is 1.63 bits per heavy atom. The number of aromatic hydroxyl groups is 1. The molecule has 0 aliphatic carbocycles. The van der Waals surface area contributed by atoms with Crippen LogP contribution in [0.4, 0.5) is 5.69 Å². The van der Waals surface area contributed by atoms with Crippen LogP contribution in [-0.2, 0) is 0 Å². The Hall–Kier alpha value is -2.29. The SMILES string of the molecule is Cc1ccc(C(=O)Nc2cc(C)ccc2C)c(O)c1. The number of nitrogens with one attached hydrogen (secondary N) is 1. The number of carbonyl (C=O) groups is 1. The summed E-state index contributed by atoms with van der Waals surface area (Å²) in [6.45, 7) is 5.77. The van der Waals surface area contributed by atoms with E-state index in [2.05, 4.69) is 5.32 Å². The van der Waals surface area contributed by atoms with Crippen molar-refractivity contribution < 1.29 is 9.90 Å². The average Bonchev–Trinajstić information content (AvgIpc) is 2.33. The molecule has 19 heavy (non-hydrogen) atoms. The lowest BCUT2D eigenvalue weighted by molar-refractivity contribution is 0.102. The minimum absolute atomic E-state index is 0.00260. The molecule has 2 aromatic rings. The Labute approximate surface area is 112 Å². The molecule has 3 nitrogen and oxygen atoms in total. The van der Waals surface area contributed by atoms with E-state index < -0.39 is 0 Å². The average molecular weight is 255 g/mol. The van der Waals surface area contributed by atoms with Gasteiger partial charge >= 0.3 is 0 Å². The van der Waals surface area contributed by atoms with E-state index in [4.69, 9.17) is 0 Å². The van der Waals surface area contributed by atoms with Crippen molar-refractivity contribution in [2.45, 2.75) is 20.8 Å². The van der Waals surface area contributed by atoms with Crippen LogP contribution in [-0.4, -0.2) is 11.0 Å². The standard InChI is InChI=1S/C16H17NO2/c1-10-4-6-12(3)14(8-10)17-16(19)13-7-5-11(2)9-15(13)18/h4-9,18H,1-3H3,(H,17,19). The van der Waals surface area contributed by atoms with Gasteiger partial charge in [0.2, 0.25) is 0 Å². The zero-order valence-electron chi connectivity index (χ0n) is 11.3. The van der Waals surface area contributed by atoms with Crippen LogP contribution in [0.1, 0.15) is 27.0 Å². The molecular formula is C16H17NO2. The molecule has 0 fully saturated rings. The molecule has 0 aromatic heterocycles. The van der Waals surface area contributed by atoms with E-state index in [1.54, 1.807) is 18.2 Å². The smallest absolute Gasteiger partial charge is 0.259 e. The number of rotatable bonds is 2. The molecule has 0 radical (unpaired) electrons. The van der Waals surface area contributed by atoms with Gasteiger partial charge in [0.05, 0.1) is 5.56 Å². The summed E-state index contributed by atoms with van der Waals surface area (Å²) in [4.78, 5) is 12.1. The number of aryl methyl sites for hydroxylation is 3. The van der Waals surface area contributed by atoms with Gasteiger partial charge in [-0.2, -0.15) is 0 Å². The highest BCUT2D eigenvalue weighted by Gasteiger charge is 2.12. The van der Waals surface area contributed by atoms with Gasteiger partial charge in [0.1, 0.15) is 5.75 Å². The molecule has 0 bridgehead atoms. The summed E-state index contributed by atoms with van der Waals surface area (Å²) < 4.78 is 0. The van der Waals surface area contributed by atoms with Crippen molar-refractivity contribution in [2.75, 3.05) is 5.32 Å². The lowest BCUT2D eigenvalue weighted by Gasteiger charge is -2.10. The van der Waals surface area contributed by atoms with Crippen molar-refractivity contribution in [3.05, 3.63) is 58.7 Å². The molecule has 0 saturated carbocycles. The fourth-order valence-electron chi connectivity index (χ4n) is 1.89. The number of carbonyl (C=O) groups excluding carboxylic acids is 1. The highest BCUT2D eigenvalue weighted by atomic mass is 16.3. The summed E-state index contributed by atoms with van der Waals surface area (Å²) in [5.41, 5.74) is 4.04. The lowest BCUT2D eigenvalue weighted by atomic mass is 10.1. The number of hydrogen-bond donors (Lipinski definition) is 2. The molecule has 0 atom stereocenters. The van der Waals surface area contributed by atoms with Crippen LogP contribution >= 0.6 is 0 Å². The minimum atomic E-state index is -0.300. The van der Waals surface area contributed by atoms with Crippen LogP contribution in [0.5, 0.6) is 5.75 Å². The fraction of sp³-hybridized carbons (Fsp3) is 0.188. The van der Waals surface area contributed by atoms with Crippen LogP contribution < -0.4 is 5.32 Å². The van der Waals surface area contributed by atoms with Gasteiger partial charge in [-0.25, -0.2) is 0 Å². The Morgan fingerprint density at radius 3 is 2.32 bits per heavy atom. The molecule has 2 aromatic carbocycles. The molecular weight excluding hydrogens is 238 g/mol. The third-order valence-corrected chi connectivity index (χ3v) is 3.04. The second-order valence-electron chi connectivity index (χ2n) is 4.79. The number of hydrogen-bond acceptors (Lipinski definition) is 2. The summed E-state index contributed by atoms with van der Waals surface area (Å²) in [5, 5.41) is 12.6. The van der Waals surface area contributed by atoms with E-state index in [1.165, 1.54) is 0 Å². The van der Waals surface area contributed by atoms with E-state index in [0.29, 0.717) is 0 Å². The number of anilines is 1. The van der Waals surface area contributed by atoms with E-state index in [0.717, 1.165) is 22.4 Å². The number of amides is 1. The Morgan fingerprint density at radius 1 is 1.00 bits per heavy atom. The number of phenols is 1. The van der Waals surface area contributed by atoms with Gasteiger partial charge in [0.25, 0.3) is 5.91 Å². The monoisotopic (exact) mass is 255 g/mol. The first-order valence-electron chi connectivity index (χ1n) is 6.15. The van der Waals surface area contributed by atoms with E-state index in [1.807, 2.05) is 39.0 Å². The predicted molar refractivity (Wildman–Crippen MR) is 76.7 cm³/mol. The molecule has 0 aliphatic rings. The first kappa shape index (κ1) is 13.1. The molecule has 98 valence electrons. The summed E-state index contributed by atoms with van der Waals surface area (Å²) in [5.74, 6) is -0.297. The quantitative estimate of drug-likeness (QED) is 0.861. The van der Waals surface area contributed by atoms with E-state index in [9.17, 15) is 9.90 Å². The zero-order chi connectivity index (χ0) is 14.0. The molecule has 0 heterocycles. The van der Waals surface area contributed by atoms with Gasteiger partial charge in [0.15, 0.2) is 0 Å². The van der Waals surface area contributed by atoms with Gasteiger partial charge < -0.3 is 10.4 Å². The van der Waals surface area contributed by atoms with Gasteiger partial charge in [-0.05, 0) is 55.7 Å². The summed E-state index contributed by atoms with van der Waals surface area (Å²) in [6, 6.07) is 10.9. The van der Waals surface area contributed by atoms with Gasteiger partial charge in [0, 0.05) is 5.69 Å². The van der Waals surface area contributed by atoms with Crippen LogP contribution in [0.2, 0.25) is 0 Å². The summed E-state index contributed by atoms with van der Waals surface area (Å²) in [7, 11) is 0. The summed E-state index contributed by atoms with van der Waals surface area (Å²) >= 11 is 0.